The Morgan fingerprint density at radius 2 is 1.88 bits per heavy atom. The number of alkyl halides is 3. The fourth-order valence-corrected chi connectivity index (χ4v) is 2.34. The molecule has 1 unspecified atom stereocenters. The minimum Gasteiger partial charge on any atom is -0.466 e. The van der Waals surface area contributed by atoms with Crippen LogP contribution in [0.5, 0.6) is 5.75 Å². The molecule has 0 bridgehead atoms. The number of carbonyl (C=O) groups is 2. The van der Waals surface area contributed by atoms with Crippen LogP contribution in [0.15, 0.2) is 48.5 Å². The zero-order chi connectivity index (χ0) is 18.2. The van der Waals surface area contributed by atoms with E-state index in [4.69, 9.17) is 4.74 Å². The predicted octanol–water partition coefficient (Wildman–Crippen LogP) is 3.43. The number of nitrogens with one attached hydrogen (secondary N) is 2. The fourth-order valence-electron chi connectivity index (χ4n) is 2.34. The molecule has 0 aliphatic carbocycles. The van der Waals surface area contributed by atoms with Gasteiger partial charge >= 0.3 is 6.18 Å². The number of anilines is 2. The van der Waals surface area contributed by atoms with E-state index in [9.17, 15) is 22.8 Å². The standard InChI is InChI=1S/C17H13F3N2O3/c1-16(15(24)22-12-7-2-3-8-13(12)25-16)14(23)21-11-6-4-5-10(9-11)17(18,19)20/h2-9H,1H3,(H,21,23)(H,22,24). The summed E-state index contributed by atoms with van der Waals surface area (Å²) >= 11 is 0. The Bertz CT molecular complexity index is 851. The summed E-state index contributed by atoms with van der Waals surface area (Å²) in [6.07, 6.45) is -4.54. The number of para-hydroxylation sites is 2. The number of carbonyl (C=O) groups excluding carboxylic acids is 2. The third-order valence-electron chi connectivity index (χ3n) is 3.76. The van der Waals surface area contributed by atoms with Crippen LogP contribution in [0.2, 0.25) is 0 Å². The number of fused-ring (bicyclic) bond motifs is 1. The van der Waals surface area contributed by atoms with Crippen LogP contribution in [-0.2, 0) is 15.8 Å². The van der Waals surface area contributed by atoms with Gasteiger partial charge in [-0.15, -0.1) is 0 Å². The Labute approximate surface area is 140 Å². The predicted molar refractivity (Wildman–Crippen MR) is 84.2 cm³/mol. The van der Waals surface area contributed by atoms with Gasteiger partial charge in [0, 0.05) is 5.69 Å². The fraction of sp³-hybridized carbons (Fsp3) is 0.176. The first kappa shape index (κ1) is 16.8. The molecule has 0 saturated carbocycles. The van der Waals surface area contributed by atoms with Crippen molar-refractivity contribution >= 4 is 23.2 Å². The van der Waals surface area contributed by atoms with Crippen LogP contribution >= 0.6 is 0 Å². The molecular formula is C17H13F3N2O3. The normalized spacial score (nSPS) is 19.4. The Morgan fingerprint density at radius 3 is 2.60 bits per heavy atom. The number of benzene rings is 2. The third-order valence-corrected chi connectivity index (χ3v) is 3.76. The van der Waals surface area contributed by atoms with E-state index in [1.807, 2.05) is 0 Å². The molecule has 2 aromatic carbocycles. The molecule has 130 valence electrons. The third kappa shape index (κ3) is 3.15. The second kappa shape index (κ2) is 5.80. The molecule has 5 nitrogen and oxygen atoms in total. The largest absolute Gasteiger partial charge is 0.466 e. The molecule has 2 N–H and O–H groups in total. The molecule has 1 atom stereocenters. The minimum atomic E-state index is -4.54. The van der Waals surface area contributed by atoms with E-state index in [-0.39, 0.29) is 5.69 Å². The lowest BCUT2D eigenvalue weighted by atomic mass is 10.0. The molecule has 2 aromatic rings. The molecule has 1 aliphatic rings. The minimum absolute atomic E-state index is 0.0868. The van der Waals surface area contributed by atoms with Gasteiger partial charge in [-0.05, 0) is 37.3 Å². The second-order valence-electron chi connectivity index (χ2n) is 5.62. The Hall–Kier alpha value is -3.03. The van der Waals surface area contributed by atoms with Crippen molar-refractivity contribution in [3.05, 3.63) is 54.1 Å². The summed E-state index contributed by atoms with van der Waals surface area (Å²) in [5.41, 5.74) is -2.49. The van der Waals surface area contributed by atoms with E-state index >= 15 is 0 Å². The summed E-state index contributed by atoms with van der Waals surface area (Å²) in [6, 6.07) is 10.7. The van der Waals surface area contributed by atoms with Crippen molar-refractivity contribution in [2.24, 2.45) is 0 Å². The summed E-state index contributed by atoms with van der Waals surface area (Å²) in [7, 11) is 0. The van der Waals surface area contributed by atoms with E-state index in [0.29, 0.717) is 11.4 Å². The summed E-state index contributed by atoms with van der Waals surface area (Å²) in [5.74, 6) is -1.29. The van der Waals surface area contributed by atoms with Gasteiger partial charge in [0.05, 0.1) is 11.3 Å². The van der Waals surface area contributed by atoms with Crippen LogP contribution in [0.25, 0.3) is 0 Å². The molecule has 3 rings (SSSR count). The van der Waals surface area contributed by atoms with Crippen molar-refractivity contribution < 1.29 is 27.5 Å². The number of hydrogen-bond acceptors (Lipinski definition) is 3. The van der Waals surface area contributed by atoms with Gasteiger partial charge in [-0.1, -0.05) is 18.2 Å². The lowest BCUT2D eigenvalue weighted by molar-refractivity contribution is -0.143. The van der Waals surface area contributed by atoms with Crippen molar-refractivity contribution in [3.8, 4) is 5.75 Å². The Morgan fingerprint density at radius 1 is 1.16 bits per heavy atom. The van der Waals surface area contributed by atoms with Gasteiger partial charge in [-0.3, -0.25) is 9.59 Å². The lowest BCUT2D eigenvalue weighted by Crippen LogP contribution is -2.56. The van der Waals surface area contributed by atoms with E-state index in [0.717, 1.165) is 18.2 Å². The Balaban J connectivity index is 1.85. The number of hydrogen-bond donors (Lipinski definition) is 2. The molecular weight excluding hydrogens is 337 g/mol. The molecule has 0 spiro atoms. The molecule has 0 aromatic heterocycles. The number of halogens is 3. The molecule has 8 heteroatoms. The second-order valence-corrected chi connectivity index (χ2v) is 5.62. The molecule has 1 heterocycles. The first-order chi connectivity index (χ1) is 11.7. The average Bonchev–Trinajstić information content (AvgIpc) is 2.55. The average molecular weight is 350 g/mol. The van der Waals surface area contributed by atoms with E-state index in [2.05, 4.69) is 10.6 Å². The van der Waals surface area contributed by atoms with Gasteiger partial charge in [-0.2, -0.15) is 13.2 Å². The van der Waals surface area contributed by atoms with Crippen molar-refractivity contribution in [1.29, 1.82) is 0 Å². The van der Waals surface area contributed by atoms with E-state index in [1.165, 1.54) is 13.0 Å². The SMILES string of the molecule is CC1(C(=O)Nc2cccc(C(F)(F)F)c2)Oc2ccccc2NC1=O. The van der Waals surface area contributed by atoms with E-state index in [1.54, 1.807) is 24.3 Å². The van der Waals surface area contributed by atoms with Crippen molar-refractivity contribution in [3.63, 3.8) is 0 Å². The first-order valence-electron chi connectivity index (χ1n) is 7.28. The van der Waals surface area contributed by atoms with Crippen molar-refractivity contribution in [1.82, 2.24) is 0 Å². The maximum Gasteiger partial charge on any atom is 0.416 e. The maximum atomic E-state index is 12.8. The quantitative estimate of drug-likeness (QED) is 0.816. The lowest BCUT2D eigenvalue weighted by Gasteiger charge is -2.33. The molecule has 2 amide bonds. The smallest absolute Gasteiger partial charge is 0.416 e. The highest BCUT2D eigenvalue weighted by Gasteiger charge is 2.47. The van der Waals surface area contributed by atoms with Crippen LogP contribution in [0.3, 0.4) is 0 Å². The summed E-state index contributed by atoms with van der Waals surface area (Å²) in [4.78, 5) is 24.8. The number of amides is 2. The number of ether oxygens (including phenoxy) is 1. The van der Waals surface area contributed by atoms with Crippen LogP contribution in [-0.4, -0.2) is 17.4 Å². The Kier molecular flexibility index (Phi) is 3.90. The molecule has 0 radical (unpaired) electrons. The molecule has 25 heavy (non-hydrogen) atoms. The van der Waals surface area contributed by atoms with E-state index < -0.39 is 29.2 Å². The zero-order valence-electron chi connectivity index (χ0n) is 13.0. The van der Waals surface area contributed by atoms with Crippen LogP contribution < -0.4 is 15.4 Å². The van der Waals surface area contributed by atoms with Gasteiger partial charge in [0.2, 0.25) is 0 Å². The molecule has 0 fully saturated rings. The first-order valence-corrected chi connectivity index (χ1v) is 7.28. The monoisotopic (exact) mass is 350 g/mol. The summed E-state index contributed by atoms with van der Waals surface area (Å²) in [6.45, 7) is 1.25. The zero-order valence-corrected chi connectivity index (χ0v) is 13.0. The molecule has 1 aliphatic heterocycles. The van der Waals surface area contributed by atoms with Gasteiger partial charge < -0.3 is 15.4 Å². The molecule has 0 saturated heterocycles. The highest BCUT2D eigenvalue weighted by molar-refractivity contribution is 6.19. The van der Waals surface area contributed by atoms with Crippen molar-refractivity contribution in [2.45, 2.75) is 18.7 Å². The summed E-state index contributed by atoms with van der Waals surface area (Å²) < 4.78 is 43.8. The van der Waals surface area contributed by atoms with Crippen LogP contribution in [0.1, 0.15) is 12.5 Å². The van der Waals surface area contributed by atoms with Gasteiger partial charge in [0.1, 0.15) is 5.75 Å². The van der Waals surface area contributed by atoms with Crippen LogP contribution in [0, 0.1) is 0 Å². The highest BCUT2D eigenvalue weighted by Crippen LogP contribution is 2.34. The van der Waals surface area contributed by atoms with Crippen LogP contribution in [0.4, 0.5) is 24.5 Å². The van der Waals surface area contributed by atoms with Gasteiger partial charge in [0.15, 0.2) is 0 Å². The topological polar surface area (TPSA) is 67.4 Å². The number of rotatable bonds is 2. The highest BCUT2D eigenvalue weighted by atomic mass is 19.4. The van der Waals surface area contributed by atoms with Gasteiger partial charge in [-0.25, -0.2) is 0 Å². The van der Waals surface area contributed by atoms with Crippen molar-refractivity contribution in [2.75, 3.05) is 10.6 Å². The van der Waals surface area contributed by atoms with Gasteiger partial charge in [0.25, 0.3) is 17.4 Å². The maximum absolute atomic E-state index is 12.8. The summed E-state index contributed by atoms with van der Waals surface area (Å²) in [5, 5.41) is 4.85.